The molecule has 2 rings (SSSR count). The van der Waals surface area contributed by atoms with Gasteiger partial charge in [0, 0.05) is 18.8 Å². The van der Waals surface area contributed by atoms with Crippen LogP contribution in [0.25, 0.3) is 0 Å². The maximum atomic E-state index is 12.5. The Labute approximate surface area is 193 Å². The van der Waals surface area contributed by atoms with E-state index in [-0.39, 0.29) is 4.90 Å². The number of sulfonamides is 1. The summed E-state index contributed by atoms with van der Waals surface area (Å²) in [5.74, 6) is -2.06. The fraction of sp³-hybridized carbons (Fsp3) is 0.524. The molecule has 1 fully saturated rings. The van der Waals surface area contributed by atoms with E-state index in [2.05, 4.69) is 10.6 Å². The molecule has 0 saturated carbocycles. The van der Waals surface area contributed by atoms with Crippen molar-refractivity contribution < 1.29 is 32.3 Å². The first kappa shape index (κ1) is 26.3. The molecule has 0 radical (unpaired) electrons. The summed E-state index contributed by atoms with van der Waals surface area (Å²) >= 11 is 0. The average molecular weight is 483 g/mol. The van der Waals surface area contributed by atoms with E-state index in [1.54, 1.807) is 27.7 Å². The molecule has 1 aromatic rings. The smallest absolute Gasteiger partial charge is 0.326 e. The molecule has 0 aromatic heterocycles. The van der Waals surface area contributed by atoms with Crippen LogP contribution in [0.3, 0.4) is 0 Å². The van der Waals surface area contributed by atoms with Gasteiger partial charge in [-0.15, -0.1) is 0 Å². The summed E-state index contributed by atoms with van der Waals surface area (Å²) in [5.41, 5.74) is -0.709. The number of ether oxygens (including phenoxy) is 1. The number of carbonyl (C=O) groups is 4. The fourth-order valence-corrected chi connectivity index (χ4v) is 4.95. The third-order valence-corrected chi connectivity index (χ3v) is 7.65. The van der Waals surface area contributed by atoms with E-state index in [0.29, 0.717) is 31.6 Å². The number of benzene rings is 1. The van der Waals surface area contributed by atoms with Crippen molar-refractivity contribution in [2.24, 2.45) is 0 Å². The third kappa shape index (κ3) is 5.69. The number of amides is 4. The molecule has 182 valence electrons. The molecule has 0 spiro atoms. The minimum Gasteiger partial charge on any atom is -0.454 e. The number of nitrogens with one attached hydrogen (secondary N) is 2. The van der Waals surface area contributed by atoms with Crippen molar-refractivity contribution in [2.45, 2.75) is 51.0 Å². The van der Waals surface area contributed by atoms with E-state index in [1.165, 1.54) is 28.6 Å². The third-order valence-electron chi connectivity index (χ3n) is 5.59. The molecule has 1 aromatic carbocycles. The average Bonchev–Trinajstić information content (AvgIpc) is 3.03. The number of anilines is 1. The van der Waals surface area contributed by atoms with E-state index in [4.69, 9.17) is 4.74 Å². The van der Waals surface area contributed by atoms with Crippen molar-refractivity contribution in [1.29, 1.82) is 0 Å². The SMILES string of the molecule is CCN(CC)S(=O)(=O)c1ccc(NC(=O)COC(=O)CN2C(=O)NC(CC)(CC)C2=O)cc1. The monoisotopic (exact) mass is 482 g/mol. The Morgan fingerprint density at radius 1 is 1.06 bits per heavy atom. The second-order valence-electron chi connectivity index (χ2n) is 7.43. The number of imide groups is 1. The van der Waals surface area contributed by atoms with Gasteiger partial charge in [-0.3, -0.25) is 19.3 Å². The van der Waals surface area contributed by atoms with Crippen LogP contribution in [-0.2, 0) is 29.1 Å². The number of hydrogen-bond acceptors (Lipinski definition) is 7. The van der Waals surface area contributed by atoms with Gasteiger partial charge in [0.05, 0.1) is 4.90 Å². The zero-order chi connectivity index (χ0) is 24.8. The number of nitrogens with zero attached hydrogens (tertiary/aromatic N) is 2. The summed E-state index contributed by atoms with van der Waals surface area (Å²) in [7, 11) is -3.61. The van der Waals surface area contributed by atoms with Crippen LogP contribution >= 0.6 is 0 Å². The predicted molar refractivity (Wildman–Crippen MR) is 120 cm³/mol. The standard InChI is InChI=1S/C21H30N4O7S/c1-5-21(6-2)19(28)25(20(29)23-21)13-18(27)32-14-17(26)22-15-9-11-16(12-10-15)33(30,31)24(7-3)8-4/h9-12H,5-8,13-14H2,1-4H3,(H,22,26)(H,23,29). The lowest BCUT2D eigenvalue weighted by molar-refractivity contribution is -0.150. The number of carbonyl (C=O) groups excluding carboxylic acids is 4. The highest BCUT2D eigenvalue weighted by Crippen LogP contribution is 2.24. The van der Waals surface area contributed by atoms with E-state index in [0.717, 1.165) is 4.90 Å². The van der Waals surface area contributed by atoms with Gasteiger partial charge in [0.25, 0.3) is 11.8 Å². The Bertz CT molecular complexity index is 1000. The van der Waals surface area contributed by atoms with Crippen molar-refractivity contribution in [3.8, 4) is 0 Å². The highest BCUT2D eigenvalue weighted by molar-refractivity contribution is 7.89. The first-order valence-corrected chi connectivity index (χ1v) is 12.2. The predicted octanol–water partition coefficient (Wildman–Crippen LogP) is 1.31. The Balaban J connectivity index is 1.90. The van der Waals surface area contributed by atoms with Gasteiger partial charge in [0.1, 0.15) is 12.1 Å². The number of esters is 1. The minimum absolute atomic E-state index is 0.0967. The summed E-state index contributed by atoms with van der Waals surface area (Å²) in [6, 6.07) is 4.93. The van der Waals surface area contributed by atoms with Gasteiger partial charge in [-0.1, -0.05) is 27.7 Å². The van der Waals surface area contributed by atoms with Gasteiger partial charge in [-0.25, -0.2) is 13.2 Å². The molecule has 1 aliphatic rings. The zero-order valence-corrected chi connectivity index (χ0v) is 20.0. The van der Waals surface area contributed by atoms with Crippen LogP contribution in [-0.4, -0.2) is 73.2 Å². The number of hydrogen-bond donors (Lipinski definition) is 2. The molecule has 4 amide bonds. The summed E-state index contributed by atoms with van der Waals surface area (Å²) in [5, 5.41) is 5.09. The lowest BCUT2D eigenvalue weighted by Gasteiger charge is -2.22. The summed E-state index contributed by atoms with van der Waals surface area (Å²) in [4.78, 5) is 49.6. The quantitative estimate of drug-likeness (QED) is 0.358. The minimum atomic E-state index is -3.61. The van der Waals surface area contributed by atoms with E-state index < -0.39 is 52.5 Å². The van der Waals surface area contributed by atoms with E-state index >= 15 is 0 Å². The van der Waals surface area contributed by atoms with Gasteiger partial charge in [0.2, 0.25) is 10.0 Å². The molecule has 0 bridgehead atoms. The normalized spacial score (nSPS) is 15.5. The Kier molecular flexibility index (Phi) is 8.56. The highest BCUT2D eigenvalue weighted by atomic mass is 32.2. The van der Waals surface area contributed by atoms with Crippen LogP contribution in [0.15, 0.2) is 29.2 Å². The van der Waals surface area contributed by atoms with Crippen molar-refractivity contribution in [3.05, 3.63) is 24.3 Å². The van der Waals surface area contributed by atoms with Crippen molar-refractivity contribution in [3.63, 3.8) is 0 Å². The van der Waals surface area contributed by atoms with Crippen molar-refractivity contribution in [2.75, 3.05) is 31.6 Å². The molecular formula is C21H30N4O7S. The number of rotatable bonds is 11. The molecule has 11 nitrogen and oxygen atoms in total. The lowest BCUT2D eigenvalue weighted by Crippen LogP contribution is -2.46. The largest absolute Gasteiger partial charge is 0.454 e. The van der Waals surface area contributed by atoms with E-state index in [1.807, 2.05) is 0 Å². The number of urea groups is 1. The molecule has 12 heteroatoms. The van der Waals surface area contributed by atoms with Crippen LogP contribution in [0.2, 0.25) is 0 Å². The molecule has 0 aliphatic carbocycles. The zero-order valence-electron chi connectivity index (χ0n) is 19.2. The van der Waals surface area contributed by atoms with Gasteiger partial charge in [-0.05, 0) is 37.1 Å². The van der Waals surface area contributed by atoms with Crippen LogP contribution in [0.4, 0.5) is 10.5 Å². The molecule has 0 unspecified atom stereocenters. The molecule has 1 heterocycles. The van der Waals surface area contributed by atoms with Crippen molar-refractivity contribution in [1.82, 2.24) is 14.5 Å². The fourth-order valence-electron chi connectivity index (χ4n) is 3.49. The molecule has 1 aliphatic heterocycles. The molecule has 1 saturated heterocycles. The maximum absolute atomic E-state index is 12.5. The lowest BCUT2D eigenvalue weighted by atomic mass is 9.93. The van der Waals surface area contributed by atoms with Gasteiger partial charge >= 0.3 is 12.0 Å². The Morgan fingerprint density at radius 2 is 1.64 bits per heavy atom. The topological polar surface area (TPSA) is 142 Å². The molecule has 0 atom stereocenters. The van der Waals surface area contributed by atoms with Crippen LogP contribution in [0.5, 0.6) is 0 Å². The van der Waals surface area contributed by atoms with Crippen LogP contribution in [0.1, 0.15) is 40.5 Å². The highest BCUT2D eigenvalue weighted by Gasteiger charge is 2.49. The van der Waals surface area contributed by atoms with Gasteiger partial charge in [-0.2, -0.15) is 4.31 Å². The van der Waals surface area contributed by atoms with Crippen LogP contribution < -0.4 is 10.6 Å². The second kappa shape index (κ2) is 10.8. The summed E-state index contributed by atoms with van der Waals surface area (Å²) in [6.07, 6.45) is 0.772. The molecule has 33 heavy (non-hydrogen) atoms. The summed E-state index contributed by atoms with van der Waals surface area (Å²) < 4.78 is 31.2. The van der Waals surface area contributed by atoms with E-state index in [9.17, 15) is 27.6 Å². The Hall–Kier alpha value is -2.99. The molecule has 2 N–H and O–H groups in total. The van der Waals surface area contributed by atoms with Gasteiger partial charge < -0.3 is 15.4 Å². The van der Waals surface area contributed by atoms with Crippen molar-refractivity contribution >= 4 is 39.5 Å². The van der Waals surface area contributed by atoms with Gasteiger partial charge in [0.15, 0.2) is 6.61 Å². The van der Waals surface area contributed by atoms with Crippen LogP contribution in [0, 0.1) is 0 Å². The Morgan fingerprint density at radius 3 is 2.12 bits per heavy atom. The first-order chi connectivity index (χ1) is 15.5. The first-order valence-electron chi connectivity index (χ1n) is 10.7. The second-order valence-corrected chi connectivity index (χ2v) is 9.37. The summed E-state index contributed by atoms with van der Waals surface area (Å²) in [6.45, 7) is 6.46. The molecular weight excluding hydrogens is 452 g/mol. The maximum Gasteiger partial charge on any atom is 0.326 e.